The van der Waals surface area contributed by atoms with Gasteiger partial charge in [0.05, 0.1) is 0 Å². The van der Waals surface area contributed by atoms with Crippen LogP contribution in [0.4, 0.5) is 0 Å². The molecule has 4 aromatic carbocycles. The van der Waals surface area contributed by atoms with Gasteiger partial charge in [-0.2, -0.15) is 0 Å². The monoisotopic (exact) mass is 624 g/mol. The van der Waals surface area contributed by atoms with Crippen LogP contribution in [-0.2, 0) is 22.4 Å². The molecule has 1 unspecified atom stereocenters. The molecule has 5 aromatic rings. The predicted molar refractivity (Wildman–Crippen MR) is 188 cm³/mol. The second-order valence-electron chi connectivity index (χ2n) is 13.2. The molecule has 0 aliphatic carbocycles. The van der Waals surface area contributed by atoms with E-state index < -0.39 is 11.6 Å². The van der Waals surface area contributed by atoms with Crippen molar-refractivity contribution in [2.45, 2.75) is 56.0 Å². The van der Waals surface area contributed by atoms with Crippen LogP contribution < -0.4 is 5.32 Å². The number of hydrogen-bond acceptors (Lipinski definition) is 3. The van der Waals surface area contributed by atoms with Gasteiger partial charge in [-0.05, 0) is 67.0 Å². The van der Waals surface area contributed by atoms with Crippen molar-refractivity contribution in [3.63, 3.8) is 0 Å². The molecule has 2 fully saturated rings. The van der Waals surface area contributed by atoms with Crippen molar-refractivity contribution in [3.05, 3.63) is 144 Å². The Morgan fingerprint density at radius 2 is 1.36 bits per heavy atom. The van der Waals surface area contributed by atoms with E-state index in [1.165, 1.54) is 5.56 Å². The zero-order valence-electron chi connectivity index (χ0n) is 27.0. The molecule has 2 aliphatic rings. The zero-order chi connectivity index (χ0) is 32.1. The van der Waals surface area contributed by atoms with Gasteiger partial charge in [-0.25, -0.2) is 0 Å². The van der Waals surface area contributed by atoms with Crippen LogP contribution in [0.15, 0.2) is 121 Å². The SMILES string of the molecule is O=C1C(Cc2c[nH]c3ccccc23)NC(=O)C2(CCN(CCCCc3ccccc3)CC2)N1CC(c1ccccc1)c1ccccc1. The first-order valence-electron chi connectivity index (χ1n) is 17.1. The maximum atomic E-state index is 14.7. The average Bonchev–Trinajstić information content (AvgIpc) is 3.53. The number of carbonyl (C=O) groups excluding carboxylic acids is 2. The van der Waals surface area contributed by atoms with Gasteiger partial charge in [0.15, 0.2) is 0 Å². The number of aromatic nitrogens is 1. The van der Waals surface area contributed by atoms with Crippen LogP contribution in [0.5, 0.6) is 0 Å². The number of hydrogen-bond donors (Lipinski definition) is 2. The molecule has 47 heavy (non-hydrogen) atoms. The molecule has 3 heterocycles. The molecule has 2 N–H and O–H groups in total. The number of piperidine rings is 1. The van der Waals surface area contributed by atoms with Crippen LogP contribution in [-0.4, -0.2) is 64.4 Å². The third-order valence-corrected chi connectivity index (χ3v) is 10.4. The summed E-state index contributed by atoms with van der Waals surface area (Å²) in [6.07, 6.45) is 7.05. The third-order valence-electron chi connectivity index (χ3n) is 10.4. The number of fused-ring (bicyclic) bond motifs is 1. The van der Waals surface area contributed by atoms with Crippen LogP contribution in [0.1, 0.15) is 53.9 Å². The number of benzene rings is 4. The van der Waals surface area contributed by atoms with E-state index in [0.717, 1.165) is 66.5 Å². The molecule has 0 bridgehead atoms. The summed E-state index contributed by atoms with van der Waals surface area (Å²) < 4.78 is 0. The number of carbonyl (C=O) groups is 2. The lowest BCUT2D eigenvalue weighted by Crippen LogP contribution is -2.73. The van der Waals surface area contributed by atoms with E-state index in [0.29, 0.717) is 25.8 Å². The van der Waals surface area contributed by atoms with Crippen molar-refractivity contribution >= 4 is 22.7 Å². The molecule has 1 atom stereocenters. The summed E-state index contributed by atoms with van der Waals surface area (Å²) >= 11 is 0. The van der Waals surface area contributed by atoms with Gasteiger partial charge in [-0.3, -0.25) is 9.59 Å². The fraction of sp³-hybridized carbons (Fsp3) is 0.317. The fourth-order valence-electron chi connectivity index (χ4n) is 7.71. The number of piperazine rings is 1. The Kier molecular flexibility index (Phi) is 9.20. The number of amides is 2. The highest BCUT2D eigenvalue weighted by atomic mass is 16.2. The first kappa shape index (κ1) is 30.9. The highest BCUT2D eigenvalue weighted by Gasteiger charge is 2.54. The quantitative estimate of drug-likeness (QED) is 0.160. The molecular formula is C41H44N4O2. The van der Waals surface area contributed by atoms with Gasteiger partial charge in [-0.1, -0.05) is 109 Å². The number of rotatable bonds is 11. The Bertz CT molecular complexity index is 1740. The van der Waals surface area contributed by atoms with E-state index in [9.17, 15) is 9.59 Å². The average molecular weight is 625 g/mol. The second kappa shape index (κ2) is 14.0. The summed E-state index contributed by atoms with van der Waals surface area (Å²) in [6.45, 7) is 3.08. The van der Waals surface area contributed by atoms with Crippen molar-refractivity contribution in [1.82, 2.24) is 20.1 Å². The maximum Gasteiger partial charge on any atom is 0.246 e. The minimum atomic E-state index is -0.865. The lowest BCUT2D eigenvalue weighted by molar-refractivity contribution is -0.161. The van der Waals surface area contributed by atoms with E-state index in [4.69, 9.17) is 0 Å². The van der Waals surface area contributed by atoms with Crippen molar-refractivity contribution in [2.24, 2.45) is 0 Å². The standard InChI is InChI=1S/C41H44N4O2/c46-39-38(28-34-29-42-37-22-11-10-21-35(34)37)43-40(47)41(23-26-44(27-24-41)25-13-12-16-31-14-4-1-5-15-31)45(39)30-36(32-17-6-2-7-18-32)33-19-8-3-9-20-33/h1-11,14-15,17-22,29,36,38,42H,12-13,16,23-28,30H2,(H,43,47). The largest absolute Gasteiger partial charge is 0.361 e. The Hall–Kier alpha value is -4.68. The number of aromatic amines is 1. The fourth-order valence-corrected chi connectivity index (χ4v) is 7.71. The minimum Gasteiger partial charge on any atom is -0.361 e. The number of aryl methyl sites for hydroxylation is 1. The van der Waals surface area contributed by atoms with Crippen LogP contribution >= 0.6 is 0 Å². The maximum absolute atomic E-state index is 14.7. The molecule has 1 spiro atoms. The number of nitrogens with zero attached hydrogens (tertiary/aromatic N) is 2. The number of para-hydroxylation sites is 1. The highest BCUT2D eigenvalue weighted by molar-refractivity contribution is 6.00. The molecule has 2 saturated heterocycles. The number of H-pyrrole nitrogens is 1. The van der Waals surface area contributed by atoms with E-state index in [-0.39, 0.29) is 17.7 Å². The van der Waals surface area contributed by atoms with Crippen molar-refractivity contribution in [1.29, 1.82) is 0 Å². The number of likely N-dealkylation sites (tertiary alicyclic amines) is 1. The highest BCUT2D eigenvalue weighted by Crippen LogP contribution is 2.37. The molecule has 2 amide bonds. The van der Waals surface area contributed by atoms with E-state index in [2.05, 4.69) is 100 Å². The van der Waals surface area contributed by atoms with Crippen molar-refractivity contribution < 1.29 is 9.59 Å². The summed E-state index contributed by atoms with van der Waals surface area (Å²) in [7, 11) is 0. The molecule has 2 aliphatic heterocycles. The van der Waals surface area contributed by atoms with Crippen LogP contribution in [0.3, 0.4) is 0 Å². The van der Waals surface area contributed by atoms with E-state index >= 15 is 0 Å². The van der Waals surface area contributed by atoms with Gasteiger partial charge in [0.2, 0.25) is 11.8 Å². The number of nitrogens with one attached hydrogen (secondary N) is 2. The summed E-state index contributed by atoms with van der Waals surface area (Å²) in [5.74, 6) is -0.0394. The van der Waals surface area contributed by atoms with Crippen LogP contribution in [0.2, 0.25) is 0 Å². The second-order valence-corrected chi connectivity index (χ2v) is 13.2. The Morgan fingerprint density at radius 3 is 2.04 bits per heavy atom. The van der Waals surface area contributed by atoms with E-state index in [1.807, 2.05) is 41.4 Å². The molecule has 1 aromatic heterocycles. The minimum absolute atomic E-state index is 0.00876. The van der Waals surface area contributed by atoms with Gasteiger partial charge in [0, 0.05) is 49.1 Å². The summed E-state index contributed by atoms with van der Waals surface area (Å²) in [5, 5.41) is 4.33. The molecule has 6 nitrogen and oxygen atoms in total. The molecule has 0 radical (unpaired) electrons. The Balaban J connectivity index is 1.13. The smallest absolute Gasteiger partial charge is 0.246 e. The van der Waals surface area contributed by atoms with Crippen molar-refractivity contribution in [3.8, 4) is 0 Å². The van der Waals surface area contributed by atoms with Gasteiger partial charge < -0.3 is 20.1 Å². The first-order valence-corrected chi connectivity index (χ1v) is 17.1. The lowest BCUT2D eigenvalue weighted by atomic mass is 9.79. The number of unbranched alkanes of at least 4 members (excludes halogenated alkanes) is 1. The third kappa shape index (κ3) is 6.61. The summed E-state index contributed by atoms with van der Waals surface area (Å²) in [5.41, 5.74) is 4.90. The van der Waals surface area contributed by atoms with Gasteiger partial charge in [-0.15, -0.1) is 0 Å². The van der Waals surface area contributed by atoms with Gasteiger partial charge >= 0.3 is 0 Å². The Labute approximate surface area is 277 Å². The van der Waals surface area contributed by atoms with E-state index in [1.54, 1.807) is 0 Å². The molecule has 240 valence electrons. The first-order chi connectivity index (χ1) is 23.1. The van der Waals surface area contributed by atoms with Crippen molar-refractivity contribution in [2.75, 3.05) is 26.2 Å². The Morgan fingerprint density at radius 1 is 0.745 bits per heavy atom. The van der Waals surface area contributed by atoms with Crippen LogP contribution in [0, 0.1) is 0 Å². The molecule has 7 rings (SSSR count). The summed E-state index contributed by atoms with van der Waals surface area (Å²) in [6, 6.07) is 39.0. The molecule has 0 saturated carbocycles. The van der Waals surface area contributed by atoms with Crippen LogP contribution in [0.25, 0.3) is 10.9 Å². The molecule has 6 heteroatoms. The lowest BCUT2D eigenvalue weighted by Gasteiger charge is -2.52. The summed E-state index contributed by atoms with van der Waals surface area (Å²) in [4.78, 5) is 36.9. The predicted octanol–water partition coefficient (Wildman–Crippen LogP) is 6.73. The normalized spacial score (nSPS) is 18.2. The zero-order valence-corrected chi connectivity index (χ0v) is 27.0. The van der Waals surface area contributed by atoms with Gasteiger partial charge in [0.1, 0.15) is 11.6 Å². The topological polar surface area (TPSA) is 68.4 Å². The van der Waals surface area contributed by atoms with Gasteiger partial charge in [0.25, 0.3) is 0 Å². The molecular weight excluding hydrogens is 580 g/mol.